The fourth-order valence-corrected chi connectivity index (χ4v) is 3.05. The molecule has 0 radical (unpaired) electrons. The Morgan fingerprint density at radius 3 is 3.00 bits per heavy atom. The molecular formula is C15H20ClN3S. The highest BCUT2D eigenvalue weighted by Crippen LogP contribution is 2.28. The Balaban J connectivity index is 2.18. The van der Waals surface area contributed by atoms with E-state index in [1.807, 2.05) is 36.0 Å². The summed E-state index contributed by atoms with van der Waals surface area (Å²) in [7, 11) is 0. The van der Waals surface area contributed by atoms with Gasteiger partial charge in [0.2, 0.25) is 0 Å². The maximum atomic E-state index is 6.21. The highest BCUT2D eigenvalue weighted by Gasteiger charge is 2.10. The minimum absolute atomic E-state index is 0.264. The molecule has 0 aliphatic carbocycles. The van der Waals surface area contributed by atoms with E-state index in [0.717, 1.165) is 39.5 Å². The van der Waals surface area contributed by atoms with Gasteiger partial charge in [0.15, 0.2) is 0 Å². The minimum atomic E-state index is 0.264. The molecule has 2 rings (SSSR count). The van der Waals surface area contributed by atoms with Gasteiger partial charge < -0.3 is 11.1 Å². The second-order valence-corrected chi connectivity index (χ2v) is 6.36. The van der Waals surface area contributed by atoms with E-state index in [1.54, 1.807) is 6.20 Å². The van der Waals surface area contributed by atoms with Gasteiger partial charge in [0, 0.05) is 24.2 Å². The number of hydrogen-bond acceptors (Lipinski definition) is 4. The van der Waals surface area contributed by atoms with E-state index in [0.29, 0.717) is 6.54 Å². The molecule has 0 spiro atoms. The van der Waals surface area contributed by atoms with Gasteiger partial charge in [-0.15, -0.1) is 0 Å². The Labute approximate surface area is 129 Å². The van der Waals surface area contributed by atoms with E-state index in [9.17, 15) is 0 Å². The number of thioether (sulfide) groups is 1. The van der Waals surface area contributed by atoms with Crippen molar-refractivity contribution in [1.82, 2.24) is 4.98 Å². The lowest BCUT2D eigenvalue weighted by Gasteiger charge is -2.19. The van der Waals surface area contributed by atoms with Crippen LogP contribution in [0.2, 0.25) is 5.02 Å². The number of hydrogen-bond donors (Lipinski definition) is 2. The summed E-state index contributed by atoms with van der Waals surface area (Å²) >= 11 is 8.14. The van der Waals surface area contributed by atoms with Crippen LogP contribution in [0.3, 0.4) is 0 Å². The van der Waals surface area contributed by atoms with E-state index in [2.05, 4.69) is 17.2 Å². The van der Waals surface area contributed by atoms with Crippen molar-refractivity contribution in [1.29, 1.82) is 0 Å². The third-order valence-electron chi connectivity index (χ3n) is 3.18. The summed E-state index contributed by atoms with van der Waals surface area (Å²) in [6.07, 6.45) is 2.83. The Morgan fingerprint density at radius 1 is 1.40 bits per heavy atom. The molecule has 5 heteroatoms. The van der Waals surface area contributed by atoms with Crippen molar-refractivity contribution in [3.63, 3.8) is 0 Å². The molecule has 20 heavy (non-hydrogen) atoms. The van der Waals surface area contributed by atoms with Crippen molar-refractivity contribution < 1.29 is 0 Å². The molecule has 2 aromatic rings. The zero-order chi connectivity index (χ0) is 14.4. The quantitative estimate of drug-likeness (QED) is 0.764. The van der Waals surface area contributed by atoms with Gasteiger partial charge in [-0.1, -0.05) is 18.5 Å². The predicted octanol–water partition coefficient (Wildman–Crippen LogP) is 3.77. The summed E-state index contributed by atoms with van der Waals surface area (Å²) in [5.74, 6) is 2.26. The summed E-state index contributed by atoms with van der Waals surface area (Å²) in [5.41, 5.74) is 7.76. The third-order valence-corrected chi connectivity index (χ3v) is 4.44. The molecule has 0 saturated heterocycles. The van der Waals surface area contributed by atoms with Crippen molar-refractivity contribution in [2.24, 2.45) is 5.73 Å². The van der Waals surface area contributed by atoms with Crippen LogP contribution in [0.25, 0.3) is 10.9 Å². The second kappa shape index (κ2) is 7.72. The minimum Gasteiger partial charge on any atom is -0.379 e. The molecule has 3 N–H and O–H groups in total. The zero-order valence-corrected chi connectivity index (χ0v) is 13.2. The fourth-order valence-electron chi connectivity index (χ4n) is 2.09. The average Bonchev–Trinajstić information content (AvgIpc) is 2.49. The number of anilines is 1. The molecule has 0 fully saturated rings. The van der Waals surface area contributed by atoms with E-state index < -0.39 is 0 Å². The second-order valence-electron chi connectivity index (χ2n) is 4.56. The molecule has 1 atom stereocenters. The lowest BCUT2D eigenvalue weighted by molar-refractivity contribution is 0.710. The van der Waals surface area contributed by atoms with Crippen molar-refractivity contribution in [2.75, 3.05) is 23.4 Å². The lowest BCUT2D eigenvalue weighted by Crippen LogP contribution is -2.29. The van der Waals surface area contributed by atoms with Gasteiger partial charge in [-0.25, -0.2) is 0 Å². The molecular weight excluding hydrogens is 290 g/mol. The summed E-state index contributed by atoms with van der Waals surface area (Å²) < 4.78 is 0. The number of nitrogens with zero attached hydrogens (tertiary/aromatic N) is 1. The number of pyridine rings is 1. The molecule has 0 bridgehead atoms. The van der Waals surface area contributed by atoms with Gasteiger partial charge in [0.25, 0.3) is 0 Å². The summed E-state index contributed by atoms with van der Waals surface area (Å²) in [5, 5.41) is 5.19. The normalized spacial score (nSPS) is 12.6. The van der Waals surface area contributed by atoms with Crippen molar-refractivity contribution in [3.8, 4) is 0 Å². The third kappa shape index (κ3) is 3.78. The first kappa shape index (κ1) is 15.4. The fraction of sp³-hybridized carbons (Fsp3) is 0.400. The number of benzene rings is 1. The van der Waals surface area contributed by atoms with Gasteiger partial charge in [0.1, 0.15) is 0 Å². The molecule has 0 saturated carbocycles. The van der Waals surface area contributed by atoms with Gasteiger partial charge in [-0.3, -0.25) is 4.98 Å². The molecule has 1 unspecified atom stereocenters. The molecule has 0 amide bonds. The van der Waals surface area contributed by atoms with Crippen molar-refractivity contribution in [3.05, 3.63) is 35.5 Å². The van der Waals surface area contributed by atoms with Crippen LogP contribution in [0.5, 0.6) is 0 Å². The molecule has 3 nitrogen and oxygen atoms in total. The highest BCUT2D eigenvalue weighted by atomic mass is 35.5. The Kier molecular flexibility index (Phi) is 5.95. The van der Waals surface area contributed by atoms with Crippen LogP contribution >= 0.6 is 23.4 Å². The van der Waals surface area contributed by atoms with E-state index >= 15 is 0 Å². The molecule has 0 aliphatic heterocycles. The first-order chi connectivity index (χ1) is 9.76. The van der Waals surface area contributed by atoms with Crippen LogP contribution in [0.15, 0.2) is 30.5 Å². The molecule has 1 heterocycles. The standard InChI is InChI=1S/C15H20ClN3S/c1-2-20-9-7-11(10-17)19-14-6-5-13(16)12-4-3-8-18-15(12)14/h3-6,8,11,19H,2,7,9-10,17H2,1H3. The summed E-state index contributed by atoms with van der Waals surface area (Å²) in [6.45, 7) is 2.79. The number of halogens is 1. The van der Waals surface area contributed by atoms with E-state index in [1.165, 1.54) is 0 Å². The van der Waals surface area contributed by atoms with Crippen molar-refractivity contribution >= 4 is 40.0 Å². The SMILES string of the molecule is CCSCCC(CN)Nc1ccc(Cl)c2cccnc12. The molecule has 1 aromatic carbocycles. The molecule has 108 valence electrons. The number of rotatable bonds is 7. The average molecular weight is 310 g/mol. The Hall–Kier alpha value is -0.970. The monoisotopic (exact) mass is 309 g/mol. The smallest absolute Gasteiger partial charge is 0.0948 e. The number of nitrogens with two attached hydrogens (primary N) is 1. The zero-order valence-electron chi connectivity index (χ0n) is 11.6. The van der Waals surface area contributed by atoms with Gasteiger partial charge in [0.05, 0.1) is 16.2 Å². The largest absolute Gasteiger partial charge is 0.379 e. The maximum Gasteiger partial charge on any atom is 0.0948 e. The van der Waals surface area contributed by atoms with E-state index in [-0.39, 0.29) is 6.04 Å². The number of fused-ring (bicyclic) bond motifs is 1. The first-order valence-corrected chi connectivity index (χ1v) is 8.37. The topological polar surface area (TPSA) is 50.9 Å². The lowest BCUT2D eigenvalue weighted by atomic mass is 10.1. The Morgan fingerprint density at radius 2 is 2.25 bits per heavy atom. The van der Waals surface area contributed by atoms with Crippen LogP contribution < -0.4 is 11.1 Å². The predicted molar refractivity (Wildman–Crippen MR) is 90.8 cm³/mol. The Bertz CT molecular complexity index is 562. The van der Waals surface area contributed by atoms with Gasteiger partial charge in [-0.05, 0) is 42.2 Å². The molecule has 0 aliphatic rings. The molecule has 1 aromatic heterocycles. The summed E-state index contributed by atoms with van der Waals surface area (Å²) in [6, 6.07) is 8.03. The number of nitrogens with one attached hydrogen (secondary N) is 1. The summed E-state index contributed by atoms with van der Waals surface area (Å²) in [4.78, 5) is 4.43. The first-order valence-electron chi connectivity index (χ1n) is 6.83. The maximum absolute atomic E-state index is 6.21. The van der Waals surface area contributed by atoms with Crippen LogP contribution in [0, 0.1) is 0 Å². The van der Waals surface area contributed by atoms with Crippen LogP contribution in [0.4, 0.5) is 5.69 Å². The van der Waals surface area contributed by atoms with Crippen LogP contribution in [-0.4, -0.2) is 29.1 Å². The van der Waals surface area contributed by atoms with Gasteiger partial charge >= 0.3 is 0 Å². The highest BCUT2D eigenvalue weighted by molar-refractivity contribution is 7.99. The van der Waals surface area contributed by atoms with Gasteiger partial charge in [-0.2, -0.15) is 11.8 Å². The van der Waals surface area contributed by atoms with Crippen LogP contribution in [0.1, 0.15) is 13.3 Å². The van der Waals surface area contributed by atoms with E-state index in [4.69, 9.17) is 17.3 Å². The van der Waals surface area contributed by atoms with Crippen molar-refractivity contribution in [2.45, 2.75) is 19.4 Å². The van der Waals surface area contributed by atoms with Crippen LogP contribution in [-0.2, 0) is 0 Å². The number of aromatic nitrogens is 1.